The lowest BCUT2D eigenvalue weighted by atomic mass is 9.94. The first-order chi connectivity index (χ1) is 16.6. The molecule has 1 aromatic rings. The maximum atomic E-state index is 13.1. The van der Waals surface area contributed by atoms with Crippen molar-refractivity contribution < 1.29 is 14.6 Å². The summed E-state index contributed by atoms with van der Waals surface area (Å²) in [6, 6.07) is 7.85. The number of ether oxygens (including phenoxy) is 2. The van der Waals surface area contributed by atoms with E-state index < -0.39 is 0 Å². The second-order valence-corrected chi connectivity index (χ2v) is 9.88. The summed E-state index contributed by atoms with van der Waals surface area (Å²) >= 11 is 0. The van der Waals surface area contributed by atoms with Crippen LogP contribution in [0.1, 0.15) is 50.2 Å². The highest BCUT2D eigenvalue weighted by molar-refractivity contribution is 5.91. The molecule has 0 amide bonds. The maximum Gasteiger partial charge on any atom is 0.125 e. The summed E-state index contributed by atoms with van der Waals surface area (Å²) in [5.41, 5.74) is 4.23. The lowest BCUT2D eigenvalue weighted by molar-refractivity contribution is -0.213. The molecule has 3 unspecified atom stereocenters. The Bertz CT molecular complexity index is 1010. The Morgan fingerprint density at radius 2 is 1.94 bits per heavy atom. The van der Waals surface area contributed by atoms with Crippen LogP contribution in [0.2, 0.25) is 0 Å². The summed E-state index contributed by atoms with van der Waals surface area (Å²) in [7, 11) is 0. The van der Waals surface area contributed by atoms with Crippen LogP contribution in [0.15, 0.2) is 71.0 Å². The van der Waals surface area contributed by atoms with Crippen molar-refractivity contribution in [1.29, 1.82) is 0 Å². The van der Waals surface area contributed by atoms with Crippen LogP contribution >= 0.6 is 0 Å². The topological polar surface area (TPSA) is 57.1 Å². The predicted octanol–water partition coefficient (Wildman–Crippen LogP) is 4.26. The van der Waals surface area contributed by atoms with Crippen molar-refractivity contribution in [2.45, 2.75) is 51.2 Å². The van der Waals surface area contributed by atoms with Crippen LogP contribution in [0.3, 0.4) is 0 Å². The van der Waals surface area contributed by atoms with E-state index in [-0.39, 0.29) is 18.0 Å². The molecule has 0 aromatic heterocycles. The van der Waals surface area contributed by atoms with Crippen molar-refractivity contribution in [3.8, 4) is 0 Å². The van der Waals surface area contributed by atoms with Gasteiger partial charge in [0, 0.05) is 6.54 Å². The number of nitrogens with zero attached hydrogens (tertiary/aromatic N) is 2. The number of aliphatic imine (C=N–C) groups is 1. The van der Waals surface area contributed by atoms with Crippen LogP contribution in [0.5, 0.6) is 0 Å². The zero-order valence-electron chi connectivity index (χ0n) is 20.1. The second kappa shape index (κ2) is 10.7. The number of allylic oxidation sites excluding steroid dienone is 5. The van der Waals surface area contributed by atoms with Gasteiger partial charge in [-0.3, -0.25) is 4.99 Å². The minimum Gasteiger partial charge on any atom is -0.858 e. The van der Waals surface area contributed by atoms with Crippen LogP contribution in [0, 0.1) is 5.92 Å². The molecule has 4 aliphatic rings. The zero-order chi connectivity index (χ0) is 23.3. The second-order valence-electron chi connectivity index (χ2n) is 9.88. The van der Waals surface area contributed by atoms with Gasteiger partial charge >= 0.3 is 0 Å². The number of hydrogen-bond acceptors (Lipinski definition) is 5. The van der Waals surface area contributed by atoms with Gasteiger partial charge in [-0.05, 0) is 85.4 Å². The first-order valence-corrected chi connectivity index (χ1v) is 12.8. The SMILES string of the molecule is CC1C=CC(c2ccc(C([O-])=NC(CC3=CCC4OCCOC4=C3)CN3CCCC3)cc2)=CC1. The molecule has 1 aromatic carbocycles. The Morgan fingerprint density at radius 3 is 2.71 bits per heavy atom. The van der Waals surface area contributed by atoms with Crippen LogP contribution in [-0.2, 0) is 9.47 Å². The number of fused-ring (bicyclic) bond motifs is 1. The zero-order valence-corrected chi connectivity index (χ0v) is 20.1. The van der Waals surface area contributed by atoms with Gasteiger partial charge in [-0.2, -0.15) is 0 Å². The molecular weight excluding hydrogens is 424 g/mol. The van der Waals surface area contributed by atoms with Gasteiger partial charge in [-0.1, -0.05) is 55.5 Å². The average Bonchev–Trinajstić information content (AvgIpc) is 3.37. The largest absolute Gasteiger partial charge is 0.858 e. The Morgan fingerprint density at radius 1 is 1.12 bits per heavy atom. The van der Waals surface area contributed by atoms with Gasteiger partial charge in [0.05, 0.1) is 12.6 Å². The lowest BCUT2D eigenvalue weighted by Gasteiger charge is -2.30. The minimum atomic E-state index is -0.128. The summed E-state index contributed by atoms with van der Waals surface area (Å²) in [4.78, 5) is 7.15. The van der Waals surface area contributed by atoms with Gasteiger partial charge in [-0.25, -0.2) is 0 Å². The Kier molecular flexibility index (Phi) is 7.31. The number of rotatable bonds is 7. The molecule has 2 heterocycles. The fourth-order valence-corrected chi connectivity index (χ4v) is 5.16. The van der Waals surface area contributed by atoms with Crippen molar-refractivity contribution in [2.75, 3.05) is 32.8 Å². The highest BCUT2D eigenvalue weighted by atomic mass is 16.6. The normalized spacial score (nSPS) is 26.3. The van der Waals surface area contributed by atoms with Gasteiger partial charge < -0.3 is 19.5 Å². The summed E-state index contributed by atoms with van der Waals surface area (Å²) in [6.45, 7) is 6.49. The third-order valence-corrected chi connectivity index (χ3v) is 7.13. The summed E-state index contributed by atoms with van der Waals surface area (Å²) in [5.74, 6) is 1.39. The Balaban J connectivity index is 1.30. The molecule has 0 spiro atoms. The molecule has 180 valence electrons. The van der Waals surface area contributed by atoms with E-state index in [0.29, 0.717) is 24.7 Å². The van der Waals surface area contributed by atoms with Gasteiger partial charge in [0.15, 0.2) is 0 Å². The molecule has 0 saturated carbocycles. The molecule has 5 rings (SSSR count). The third-order valence-electron chi connectivity index (χ3n) is 7.13. The van der Waals surface area contributed by atoms with Crippen molar-refractivity contribution in [3.63, 3.8) is 0 Å². The van der Waals surface area contributed by atoms with Crippen molar-refractivity contribution in [1.82, 2.24) is 4.90 Å². The standard InChI is InChI=1S/C29H36N2O3/c1-21-4-7-23(8-5-21)24-9-11-25(12-10-24)29(32)30-26(20-31-14-2-3-15-31)18-22-6-13-27-28(19-22)34-17-16-33-27/h4,6-12,19,21,26-27H,2-3,5,13-18,20H2,1H3,(H,30,32)/p-1. The molecule has 5 nitrogen and oxygen atoms in total. The van der Waals surface area contributed by atoms with E-state index in [1.165, 1.54) is 24.0 Å². The van der Waals surface area contributed by atoms with E-state index in [1.807, 2.05) is 24.3 Å². The van der Waals surface area contributed by atoms with Crippen molar-refractivity contribution in [2.24, 2.45) is 10.9 Å². The van der Waals surface area contributed by atoms with E-state index >= 15 is 0 Å². The van der Waals surface area contributed by atoms with Crippen LogP contribution in [0.4, 0.5) is 0 Å². The third kappa shape index (κ3) is 5.70. The highest BCUT2D eigenvalue weighted by Crippen LogP contribution is 2.28. The maximum absolute atomic E-state index is 13.1. The molecule has 3 atom stereocenters. The highest BCUT2D eigenvalue weighted by Gasteiger charge is 2.25. The minimum absolute atomic E-state index is 0.0453. The predicted molar refractivity (Wildman–Crippen MR) is 134 cm³/mol. The van der Waals surface area contributed by atoms with Gasteiger partial charge in [0.2, 0.25) is 0 Å². The molecular formula is C29H35N2O3-. The van der Waals surface area contributed by atoms with E-state index in [4.69, 9.17) is 14.5 Å². The number of likely N-dealkylation sites (tertiary alicyclic amines) is 1. The van der Waals surface area contributed by atoms with Gasteiger partial charge in [0.25, 0.3) is 0 Å². The molecule has 0 radical (unpaired) electrons. The van der Waals surface area contributed by atoms with Gasteiger partial charge in [-0.15, -0.1) is 0 Å². The first kappa shape index (κ1) is 23.1. The molecule has 5 heteroatoms. The smallest absolute Gasteiger partial charge is 0.125 e. The van der Waals surface area contributed by atoms with E-state index in [1.54, 1.807) is 0 Å². The molecule has 0 bridgehead atoms. The van der Waals surface area contributed by atoms with Gasteiger partial charge in [0.1, 0.15) is 18.5 Å². The van der Waals surface area contributed by atoms with E-state index in [0.717, 1.165) is 50.2 Å². The molecule has 34 heavy (non-hydrogen) atoms. The van der Waals surface area contributed by atoms with E-state index in [2.05, 4.69) is 42.2 Å². The fourth-order valence-electron chi connectivity index (χ4n) is 5.16. The Labute approximate surface area is 203 Å². The molecule has 2 fully saturated rings. The quantitative estimate of drug-likeness (QED) is 0.452. The number of benzene rings is 1. The number of hydrogen-bond donors (Lipinski definition) is 0. The average molecular weight is 460 g/mol. The lowest BCUT2D eigenvalue weighted by Crippen LogP contribution is -2.33. The summed E-state index contributed by atoms with van der Waals surface area (Å²) < 4.78 is 11.6. The molecule has 0 N–H and O–H groups in total. The Hall–Kier alpha value is -2.63. The van der Waals surface area contributed by atoms with Crippen LogP contribution in [0.25, 0.3) is 5.57 Å². The monoisotopic (exact) mass is 459 g/mol. The van der Waals surface area contributed by atoms with E-state index in [9.17, 15) is 5.11 Å². The van der Waals surface area contributed by atoms with Crippen LogP contribution < -0.4 is 5.11 Å². The van der Waals surface area contributed by atoms with Crippen molar-refractivity contribution in [3.05, 3.63) is 77.1 Å². The van der Waals surface area contributed by atoms with Crippen molar-refractivity contribution >= 4 is 11.5 Å². The molecule has 2 aliphatic carbocycles. The molecule has 2 saturated heterocycles. The summed E-state index contributed by atoms with van der Waals surface area (Å²) in [5, 5.41) is 13.1. The summed E-state index contributed by atoms with van der Waals surface area (Å²) in [6.07, 6.45) is 16.2. The first-order valence-electron chi connectivity index (χ1n) is 12.8. The fraction of sp³-hybridized carbons (Fsp3) is 0.483. The molecule has 2 aliphatic heterocycles. The van der Waals surface area contributed by atoms with Crippen LogP contribution in [-0.4, -0.2) is 55.8 Å².